The number of rotatable bonds is 9. The third-order valence-electron chi connectivity index (χ3n) is 6.41. The molecule has 0 unspecified atom stereocenters. The Morgan fingerprint density at radius 3 is 2.54 bits per heavy atom. The number of anilines is 3. The molecule has 0 aromatic heterocycles. The number of nitrogens with two attached hydrogens (primary N) is 1. The lowest BCUT2D eigenvalue weighted by Crippen LogP contribution is -2.28. The second-order valence-electron chi connectivity index (χ2n) is 9.09. The van der Waals surface area contributed by atoms with Crippen molar-refractivity contribution in [3.63, 3.8) is 0 Å². The number of phenolic OH excluding ortho intramolecular Hbond substituents is 1. The van der Waals surface area contributed by atoms with Crippen LogP contribution in [-0.4, -0.2) is 36.6 Å². The van der Waals surface area contributed by atoms with Gasteiger partial charge in [0.15, 0.2) is 17.6 Å². The van der Waals surface area contributed by atoms with Gasteiger partial charge in [0.05, 0.1) is 11.4 Å². The first kappa shape index (κ1) is 27.4. The summed E-state index contributed by atoms with van der Waals surface area (Å²) in [6.07, 6.45) is 0.208. The van der Waals surface area contributed by atoms with Gasteiger partial charge in [0.1, 0.15) is 11.9 Å². The second kappa shape index (κ2) is 12.3. The molecule has 2 amide bonds. The third kappa shape index (κ3) is 6.34. The summed E-state index contributed by atoms with van der Waals surface area (Å²) in [4.78, 5) is 26.0. The van der Waals surface area contributed by atoms with Crippen molar-refractivity contribution in [1.82, 2.24) is 0 Å². The lowest BCUT2D eigenvalue weighted by atomic mass is 9.96. The van der Waals surface area contributed by atoms with Crippen LogP contribution in [0.4, 0.5) is 21.9 Å². The molecule has 0 radical (unpaired) electrons. The Bertz CT molecular complexity index is 1600. The fourth-order valence-electron chi connectivity index (χ4n) is 4.50. The molecule has 1 aliphatic rings. The van der Waals surface area contributed by atoms with Gasteiger partial charge in [-0.2, -0.15) is 0 Å². The van der Waals surface area contributed by atoms with E-state index in [4.69, 9.17) is 24.7 Å². The number of hydrogen-bond donors (Lipinski definition) is 4. The van der Waals surface area contributed by atoms with Gasteiger partial charge in [-0.3, -0.25) is 10.1 Å². The van der Waals surface area contributed by atoms with Gasteiger partial charge in [0, 0.05) is 35.4 Å². The van der Waals surface area contributed by atoms with Crippen LogP contribution in [0.25, 0.3) is 10.8 Å². The van der Waals surface area contributed by atoms with E-state index in [0.717, 1.165) is 0 Å². The van der Waals surface area contributed by atoms with Crippen LogP contribution >= 0.6 is 0 Å². The highest BCUT2D eigenvalue weighted by Gasteiger charge is 2.29. The Morgan fingerprint density at radius 2 is 1.73 bits per heavy atom. The molecule has 0 bridgehead atoms. The zero-order chi connectivity index (χ0) is 28.8. The number of ether oxygens (including phenoxy) is 4. The molecule has 0 saturated heterocycles. The summed E-state index contributed by atoms with van der Waals surface area (Å²) in [6.45, 7) is 2.16. The van der Waals surface area contributed by atoms with Crippen molar-refractivity contribution in [1.29, 1.82) is 0 Å². The Morgan fingerprint density at radius 1 is 0.976 bits per heavy atom. The summed E-state index contributed by atoms with van der Waals surface area (Å²) in [5.74, 6) is 0.724. The quantitative estimate of drug-likeness (QED) is 0.151. The van der Waals surface area contributed by atoms with E-state index in [0.29, 0.717) is 44.9 Å². The van der Waals surface area contributed by atoms with Crippen molar-refractivity contribution in [2.24, 2.45) is 0 Å². The molecule has 0 spiro atoms. The van der Waals surface area contributed by atoms with Crippen molar-refractivity contribution in [3.8, 4) is 17.2 Å². The van der Waals surface area contributed by atoms with Gasteiger partial charge in [-0.1, -0.05) is 42.5 Å². The fourth-order valence-corrected chi connectivity index (χ4v) is 4.50. The molecule has 1 heterocycles. The van der Waals surface area contributed by atoms with E-state index in [2.05, 4.69) is 10.6 Å². The van der Waals surface area contributed by atoms with E-state index in [9.17, 15) is 14.7 Å². The lowest BCUT2D eigenvalue weighted by Gasteiger charge is -2.26. The maximum absolute atomic E-state index is 13.2. The zero-order valence-corrected chi connectivity index (χ0v) is 22.2. The van der Waals surface area contributed by atoms with Gasteiger partial charge < -0.3 is 35.1 Å². The van der Waals surface area contributed by atoms with Crippen molar-refractivity contribution < 1.29 is 33.6 Å². The summed E-state index contributed by atoms with van der Waals surface area (Å²) in [5, 5.41) is 17.1. The van der Waals surface area contributed by atoms with Crippen LogP contribution in [0.15, 0.2) is 91.0 Å². The fraction of sp³-hybridized carbons (Fsp3) is 0.161. The van der Waals surface area contributed by atoms with Crippen LogP contribution in [0.2, 0.25) is 0 Å². The number of amides is 2. The van der Waals surface area contributed by atoms with Crippen LogP contribution in [-0.2, 0) is 14.3 Å². The molecular weight excluding hydrogens is 526 g/mol. The number of nitrogens with one attached hydrogen (secondary N) is 2. The van der Waals surface area contributed by atoms with Gasteiger partial charge in [-0.05, 0) is 48.7 Å². The van der Waals surface area contributed by atoms with Crippen LogP contribution in [0, 0.1) is 0 Å². The van der Waals surface area contributed by atoms with Crippen LogP contribution < -0.4 is 25.8 Å². The number of carbonyl (C=O) groups excluding carboxylic acids is 2. The van der Waals surface area contributed by atoms with Gasteiger partial charge in [0.25, 0.3) is 0 Å². The highest BCUT2D eigenvalue weighted by atomic mass is 16.7. The Balaban J connectivity index is 1.45. The number of hydrogen-bond acceptors (Lipinski definition) is 8. The molecule has 4 aromatic carbocycles. The van der Waals surface area contributed by atoms with Gasteiger partial charge in [-0.15, -0.1) is 0 Å². The monoisotopic (exact) mass is 555 g/mol. The molecule has 5 rings (SSSR count). The van der Waals surface area contributed by atoms with Gasteiger partial charge in [0.2, 0.25) is 12.7 Å². The third-order valence-corrected chi connectivity index (χ3v) is 6.41. The molecule has 2 atom stereocenters. The normalized spacial score (nSPS) is 13.6. The van der Waals surface area contributed by atoms with Crippen LogP contribution in [0.5, 0.6) is 17.2 Å². The summed E-state index contributed by atoms with van der Waals surface area (Å²) < 4.78 is 22.7. The number of benzene rings is 4. The summed E-state index contributed by atoms with van der Waals surface area (Å²) >= 11 is 0. The molecule has 0 fully saturated rings. The lowest BCUT2D eigenvalue weighted by molar-refractivity contribution is -0.112. The van der Waals surface area contributed by atoms with E-state index in [1.165, 1.54) is 18.2 Å². The highest BCUT2D eigenvalue weighted by molar-refractivity contribution is 6.01. The SMILES string of the molecule is CCO[C@H](/C=C/C(=O)Nc1ccccc1N)[C@H](OC(=O)Nc1ccc2c(c1)OCO2)c1ccc(O)c2ccccc12. The first-order chi connectivity index (χ1) is 19.9. The van der Waals surface area contributed by atoms with Crippen molar-refractivity contribution >= 4 is 39.8 Å². The van der Waals surface area contributed by atoms with E-state index in [1.54, 1.807) is 67.6 Å². The number of phenols is 1. The predicted molar refractivity (Wildman–Crippen MR) is 155 cm³/mol. The first-order valence-corrected chi connectivity index (χ1v) is 13.0. The zero-order valence-electron chi connectivity index (χ0n) is 22.2. The standard InChI is InChI=1S/C31H29N3O7/c1-2-38-27(15-16-29(36)34-24-10-6-5-9-23(24)32)30(22-12-13-25(35)21-8-4-3-7-20(21)22)41-31(37)33-19-11-14-26-28(17-19)40-18-39-26/h3-17,27,30,35H,2,18,32H2,1H3,(H,33,37)(H,34,36)/b16-15+/t27-,30-/m1/s1. The van der Waals surface area contributed by atoms with E-state index in [1.807, 2.05) is 12.1 Å². The van der Waals surface area contributed by atoms with E-state index < -0.39 is 24.2 Å². The molecule has 4 aromatic rings. The largest absolute Gasteiger partial charge is 0.507 e. The average Bonchev–Trinajstić information content (AvgIpc) is 3.44. The first-order valence-electron chi connectivity index (χ1n) is 13.0. The van der Waals surface area contributed by atoms with Gasteiger partial charge in [-0.25, -0.2) is 4.79 Å². The minimum absolute atomic E-state index is 0.0799. The molecule has 1 aliphatic heterocycles. The molecule has 41 heavy (non-hydrogen) atoms. The molecule has 210 valence electrons. The number of para-hydroxylation sites is 2. The number of aromatic hydroxyl groups is 1. The van der Waals surface area contributed by atoms with E-state index >= 15 is 0 Å². The molecule has 10 nitrogen and oxygen atoms in total. The number of fused-ring (bicyclic) bond motifs is 2. The number of nitrogen functional groups attached to an aromatic ring is 1. The summed E-state index contributed by atoms with van der Waals surface area (Å²) in [6, 6.07) is 22.3. The maximum atomic E-state index is 13.2. The topological polar surface area (TPSA) is 141 Å². The van der Waals surface area contributed by atoms with Crippen molar-refractivity contribution in [3.05, 3.63) is 96.6 Å². The Hall–Kier alpha value is -5.22. The smallest absolute Gasteiger partial charge is 0.412 e. The molecule has 10 heteroatoms. The van der Waals surface area contributed by atoms with Crippen molar-refractivity contribution in [2.45, 2.75) is 19.1 Å². The minimum atomic E-state index is -1.000. The van der Waals surface area contributed by atoms with E-state index in [-0.39, 0.29) is 19.1 Å². The summed E-state index contributed by atoms with van der Waals surface area (Å²) in [5.41, 5.74) is 7.86. The van der Waals surface area contributed by atoms with Crippen LogP contribution in [0.1, 0.15) is 18.6 Å². The highest BCUT2D eigenvalue weighted by Crippen LogP contribution is 2.37. The Labute approximate surface area is 236 Å². The van der Waals surface area contributed by atoms with Gasteiger partial charge >= 0.3 is 6.09 Å². The predicted octanol–water partition coefficient (Wildman–Crippen LogP) is 5.75. The molecular formula is C31H29N3O7. The molecule has 5 N–H and O–H groups in total. The maximum Gasteiger partial charge on any atom is 0.412 e. The summed E-state index contributed by atoms with van der Waals surface area (Å²) in [7, 11) is 0. The second-order valence-corrected chi connectivity index (χ2v) is 9.09. The number of carbonyl (C=O) groups is 2. The van der Waals surface area contributed by atoms with Crippen molar-refractivity contribution in [2.75, 3.05) is 29.8 Å². The minimum Gasteiger partial charge on any atom is -0.507 e. The molecule has 0 aliphatic carbocycles. The average molecular weight is 556 g/mol. The Kier molecular flexibility index (Phi) is 8.21. The molecule has 0 saturated carbocycles. The van der Waals surface area contributed by atoms with Crippen LogP contribution in [0.3, 0.4) is 0 Å².